The smallest absolute Gasteiger partial charge is 0.161 e. The van der Waals surface area contributed by atoms with Crippen molar-refractivity contribution in [3.8, 4) is 11.5 Å². The second-order valence-corrected chi connectivity index (χ2v) is 4.98. The Balaban J connectivity index is 2.28. The molecule has 0 saturated heterocycles. The molecule has 0 aliphatic carbocycles. The Labute approximate surface area is 117 Å². The molecule has 4 heteroatoms. The van der Waals surface area contributed by atoms with Crippen molar-refractivity contribution in [2.45, 2.75) is 9.79 Å². The lowest BCUT2D eigenvalue weighted by Gasteiger charge is -2.11. The van der Waals surface area contributed by atoms with Crippen LogP contribution in [0.25, 0.3) is 0 Å². The van der Waals surface area contributed by atoms with Crippen LogP contribution in [0, 0.1) is 0 Å². The van der Waals surface area contributed by atoms with E-state index in [4.69, 9.17) is 9.47 Å². The second kappa shape index (κ2) is 6.38. The summed E-state index contributed by atoms with van der Waals surface area (Å²) < 4.78 is 10.6. The van der Waals surface area contributed by atoms with E-state index in [1.807, 2.05) is 37.4 Å². The van der Waals surface area contributed by atoms with Gasteiger partial charge in [-0.2, -0.15) is 0 Å². The van der Waals surface area contributed by atoms with Crippen LogP contribution in [-0.4, -0.2) is 21.3 Å². The van der Waals surface area contributed by atoms with Gasteiger partial charge in [0.1, 0.15) is 0 Å². The summed E-state index contributed by atoms with van der Waals surface area (Å²) in [4.78, 5) is 2.29. The Hall–Kier alpha value is -1.81. The molecule has 1 N–H and O–H groups in total. The van der Waals surface area contributed by atoms with E-state index in [1.54, 1.807) is 26.0 Å². The summed E-state index contributed by atoms with van der Waals surface area (Å²) in [6.45, 7) is 0. The Morgan fingerprint density at radius 2 is 1.68 bits per heavy atom. The number of benzene rings is 2. The fourth-order valence-corrected chi connectivity index (χ4v) is 2.75. The van der Waals surface area contributed by atoms with Crippen LogP contribution in [0.4, 0.5) is 5.69 Å². The summed E-state index contributed by atoms with van der Waals surface area (Å²) >= 11 is 1.69. The quantitative estimate of drug-likeness (QED) is 0.896. The lowest BCUT2D eigenvalue weighted by Crippen LogP contribution is -1.91. The molecule has 2 aromatic carbocycles. The number of anilines is 1. The number of hydrogen-bond acceptors (Lipinski definition) is 4. The maximum absolute atomic E-state index is 5.32. The molecular formula is C15H17NO2S. The lowest BCUT2D eigenvalue weighted by molar-refractivity contribution is 0.354. The fraction of sp³-hybridized carbons (Fsp3) is 0.200. The first kappa shape index (κ1) is 13.6. The van der Waals surface area contributed by atoms with E-state index >= 15 is 0 Å². The molecular weight excluding hydrogens is 258 g/mol. The number of hydrogen-bond donors (Lipinski definition) is 1. The van der Waals surface area contributed by atoms with Gasteiger partial charge in [0, 0.05) is 22.5 Å². The second-order valence-electron chi connectivity index (χ2n) is 3.87. The highest BCUT2D eigenvalue weighted by atomic mass is 32.2. The Kier molecular flexibility index (Phi) is 4.58. The van der Waals surface area contributed by atoms with E-state index in [0.29, 0.717) is 0 Å². The molecule has 0 spiro atoms. The van der Waals surface area contributed by atoms with Gasteiger partial charge in [0.25, 0.3) is 0 Å². The number of methoxy groups -OCH3 is 2. The summed E-state index contributed by atoms with van der Waals surface area (Å²) in [5.74, 6) is 1.49. The van der Waals surface area contributed by atoms with Gasteiger partial charge in [-0.3, -0.25) is 0 Å². The molecule has 0 radical (unpaired) electrons. The van der Waals surface area contributed by atoms with E-state index in [9.17, 15) is 0 Å². The first-order valence-electron chi connectivity index (χ1n) is 5.95. The van der Waals surface area contributed by atoms with Crippen LogP contribution in [0.15, 0.2) is 52.3 Å². The molecule has 0 bridgehead atoms. The lowest BCUT2D eigenvalue weighted by atomic mass is 10.3. The van der Waals surface area contributed by atoms with Crippen LogP contribution in [-0.2, 0) is 0 Å². The van der Waals surface area contributed by atoms with Crippen molar-refractivity contribution >= 4 is 17.4 Å². The van der Waals surface area contributed by atoms with Gasteiger partial charge in [-0.25, -0.2) is 0 Å². The van der Waals surface area contributed by atoms with Crippen molar-refractivity contribution in [2.24, 2.45) is 0 Å². The standard InChI is InChI=1S/C15H17NO2S/c1-16-12-6-4-5-7-15(12)19-11-8-9-13(17-2)14(10-11)18-3/h4-10,16H,1-3H3. The summed E-state index contributed by atoms with van der Waals surface area (Å²) in [5, 5.41) is 3.19. The molecule has 0 heterocycles. The molecule has 0 atom stereocenters. The van der Waals surface area contributed by atoms with Crippen molar-refractivity contribution < 1.29 is 9.47 Å². The average molecular weight is 275 g/mol. The minimum absolute atomic E-state index is 0.744. The molecule has 19 heavy (non-hydrogen) atoms. The highest BCUT2D eigenvalue weighted by Crippen LogP contribution is 2.37. The van der Waals surface area contributed by atoms with Gasteiger partial charge < -0.3 is 14.8 Å². The Morgan fingerprint density at radius 3 is 2.37 bits per heavy atom. The number of nitrogens with one attached hydrogen (secondary N) is 1. The monoisotopic (exact) mass is 275 g/mol. The van der Waals surface area contributed by atoms with E-state index in [0.717, 1.165) is 22.1 Å². The fourth-order valence-electron chi connectivity index (χ4n) is 1.77. The van der Waals surface area contributed by atoms with E-state index in [2.05, 4.69) is 17.4 Å². The van der Waals surface area contributed by atoms with Gasteiger partial charge in [0.2, 0.25) is 0 Å². The van der Waals surface area contributed by atoms with E-state index < -0.39 is 0 Å². The number of rotatable bonds is 5. The van der Waals surface area contributed by atoms with E-state index in [1.165, 1.54) is 4.90 Å². The molecule has 0 fully saturated rings. The van der Waals surface area contributed by atoms with Gasteiger partial charge in [-0.05, 0) is 30.3 Å². The Bertz CT molecular complexity index is 558. The van der Waals surface area contributed by atoms with Crippen molar-refractivity contribution in [1.29, 1.82) is 0 Å². The van der Waals surface area contributed by atoms with Gasteiger partial charge in [-0.1, -0.05) is 23.9 Å². The molecule has 0 amide bonds. The van der Waals surface area contributed by atoms with Gasteiger partial charge in [0.05, 0.1) is 14.2 Å². The highest BCUT2D eigenvalue weighted by molar-refractivity contribution is 7.99. The van der Waals surface area contributed by atoms with Crippen molar-refractivity contribution in [3.05, 3.63) is 42.5 Å². The number of ether oxygens (including phenoxy) is 2. The van der Waals surface area contributed by atoms with Crippen molar-refractivity contribution in [2.75, 3.05) is 26.6 Å². The normalized spacial score (nSPS) is 10.1. The molecule has 100 valence electrons. The van der Waals surface area contributed by atoms with Crippen LogP contribution >= 0.6 is 11.8 Å². The maximum Gasteiger partial charge on any atom is 0.161 e. The molecule has 2 aromatic rings. The number of para-hydroxylation sites is 1. The zero-order chi connectivity index (χ0) is 13.7. The summed E-state index contributed by atoms with van der Waals surface area (Å²) in [5.41, 5.74) is 1.11. The van der Waals surface area contributed by atoms with Crippen LogP contribution in [0.2, 0.25) is 0 Å². The van der Waals surface area contributed by atoms with Crippen LogP contribution < -0.4 is 14.8 Å². The van der Waals surface area contributed by atoms with Gasteiger partial charge in [-0.15, -0.1) is 0 Å². The summed E-state index contributed by atoms with van der Waals surface area (Å²) in [6.07, 6.45) is 0. The predicted molar refractivity (Wildman–Crippen MR) is 79.7 cm³/mol. The minimum Gasteiger partial charge on any atom is -0.493 e. The third-order valence-corrected chi connectivity index (χ3v) is 3.80. The van der Waals surface area contributed by atoms with Crippen LogP contribution in [0.5, 0.6) is 11.5 Å². The molecule has 0 aliphatic rings. The maximum atomic E-state index is 5.32. The van der Waals surface area contributed by atoms with Gasteiger partial charge in [0.15, 0.2) is 11.5 Å². The zero-order valence-electron chi connectivity index (χ0n) is 11.3. The molecule has 0 aliphatic heterocycles. The predicted octanol–water partition coefficient (Wildman–Crippen LogP) is 3.90. The minimum atomic E-state index is 0.744. The Morgan fingerprint density at radius 1 is 0.947 bits per heavy atom. The van der Waals surface area contributed by atoms with Crippen molar-refractivity contribution in [1.82, 2.24) is 0 Å². The SMILES string of the molecule is CNc1ccccc1Sc1ccc(OC)c(OC)c1. The molecule has 0 aromatic heterocycles. The van der Waals surface area contributed by atoms with Crippen LogP contribution in [0.3, 0.4) is 0 Å². The third-order valence-electron chi connectivity index (χ3n) is 2.74. The largest absolute Gasteiger partial charge is 0.493 e. The molecule has 0 saturated carbocycles. The molecule has 0 unspecified atom stereocenters. The van der Waals surface area contributed by atoms with Gasteiger partial charge >= 0.3 is 0 Å². The molecule has 2 rings (SSSR count). The summed E-state index contributed by atoms with van der Waals surface area (Å²) in [6, 6.07) is 14.1. The average Bonchev–Trinajstić information content (AvgIpc) is 2.47. The first-order valence-corrected chi connectivity index (χ1v) is 6.76. The topological polar surface area (TPSA) is 30.5 Å². The molecule has 3 nitrogen and oxygen atoms in total. The first-order chi connectivity index (χ1) is 9.28. The van der Waals surface area contributed by atoms with Crippen molar-refractivity contribution in [3.63, 3.8) is 0 Å². The summed E-state index contributed by atoms with van der Waals surface area (Å²) in [7, 11) is 5.21. The third kappa shape index (κ3) is 3.15. The van der Waals surface area contributed by atoms with E-state index in [-0.39, 0.29) is 0 Å². The highest BCUT2D eigenvalue weighted by Gasteiger charge is 2.07. The van der Waals surface area contributed by atoms with Crippen LogP contribution in [0.1, 0.15) is 0 Å². The zero-order valence-corrected chi connectivity index (χ0v) is 12.1.